The molecule has 1 aromatic heterocycles. The number of Topliss-reactive ketones (excluding diaryl/α,β-unsaturated/α-hetero) is 1. The highest BCUT2D eigenvalue weighted by Gasteiger charge is 2.06. The Morgan fingerprint density at radius 2 is 2.08 bits per heavy atom. The van der Waals surface area contributed by atoms with Gasteiger partial charge in [0, 0.05) is 18.8 Å². The molecule has 0 atom stereocenters. The molecule has 1 heterocycles. The molecular weight excluding hydrogens is 152 g/mol. The number of allylic oxidation sites excluding steroid dienone is 1. The van der Waals surface area contributed by atoms with E-state index in [1.807, 2.05) is 0 Å². The van der Waals surface area contributed by atoms with Gasteiger partial charge in [-0.2, -0.15) is 0 Å². The van der Waals surface area contributed by atoms with Gasteiger partial charge in [0.25, 0.3) is 0 Å². The topological polar surface area (TPSA) is 42.9 Å². The molecule has 0 fully saturated rings. The van der Waals surface area contributed by atoms with Crippen molar-refractivity contribution in [3.8, 4) is 0 Å². The zero-order valence-corrected chi connectivity index (χ0v) is 6.95. The lowest BCUT2D eigenvalue weighted by atomic mass is 10.1. The Morgan fingerprint density at radius 3 is 2.58 bits per heavy atom. The predicted octanol–water partition coefficient (Wildman–Crippen LogP) is 1.63. The van der Waals surface area contributed by atoms with Gasteiger partial charge in [-0.3, -0.25) is 4.79 Å². The minimum Gasteiger partial charge on any atom is -0.290 e. The molecule has 0 bridgehead atoms. The van der Waals surface area contributed by atoms with E-state index in [-0.39, 0.29) is 11.6 Å². The molecule has 62 valence electrons. The van der Waals surface area contributed by atoms with Crippen molar-refractivity contribution in [2.75, 3.05) is 0 Å². The van der Waals surface area contributed by atoms with Crippen LogP contribution in [0.25, 0.3) is 0 Å². The molecular formula is C9H10N2O. The average molecular weight is 162 g/mol. The van der Waals surface area contributed by atoms with Gasteiger partial charge < -0.3 is 0 Å². The lowest BCUT2D eigenvalue weighted by Gasteiger charge is -1.96. The summed E-state index contributed by atoms with van der Waals surface area (Å²) in [4.78, 5) is 18.9. The van der Waals surface area contributed by atoms with Gasteiger partial charge in [0.05, 0.1) is 0 Å². The molecule has 0 aliphatic rings. The molecule has 0 aromatic carbocycles. The van der Waals surface area contributed by atoms with Gasteiger partial charge in [0.2, 0.25) is 5.78 Å². The molecule has 0 unspecified atom stereocenters. The molecule has 0 saturated carbocycles. The van der Waals surface area contributed by atoms with Crippen molar-refractivity contribution in [1.29, 1.82) is 0 Å². The molecule has 1 rings (SSSR count). The van der Waals surface area contributed by atoms with E-state index in [0.717, 1.165) is 5.57 Å². The first kappa shape index (κ1) is 8.59. The maximum absolute atomic E-state index is 11.3. The van der Waals surface area contributed by atoms with Crippen molar-refractivity contribution in [2.45, 2.75) is 13.3 Å². The van der Waals surface area contributed by atoms with Gasteiger partial charge in [-0.1, -0.05) is 12.2 Å². The molecule has 0 saturated heterocycles. The van der Waals surface area contributed by atoms with E-state index in [0.29, 0.717) is 6.42 Å². The van der Waals surface area contributed by atoms with E-state index in [1.54, 1.807) is 25.4 Å². The standard InChI is InChI=1S/C9H10N2O/c1-7(2)6-8(12)9-10-4-3-5-11-9/h3-5H,1,6H2,2H3. The molecule has 0 aliphatic heterocycles. The third-order valence-corrected chi connectivity index (χ3v) is 1.28. The van der Waals surface area contributed by atoms with E-state index in [1.165, 1.54) is 0 Å². The molecule has 0 radical (unpaired) electrons. The maximum atomic E-state index is 11.3. The molecule has 0 amide bonds. The predicted molar refractivity (Wildman–Crippen MR) is 45.8 cm³/mol. The van der Waals surface area contributed by atoms with Crippen LogP contribution in [0, 0.1) is 0 Å². The number of ketones is 1. The van der Waals surface area contributed by atoms with E-state index < -0.39 is 0 Å². The van der Waals surface area contributed by atoms with Gasteiger partial charge >= 0.3 is 0 Å². The number of carbonyl (C=O) groups excluding carboxylic acids is 1. The fourth-order valence-corrected chi connectivity index (χ4v) is 0.796. The van der Waals surface area contributed by atoms with Crippen LogP contribution in [0.5, 0.6) is 0 Å². The minimum absolute atomic E-state index is 0.0805. The largest absolute Gasteiger partial charge is 0.290 e. The lowest BCUT2D eigenvalue weighted by molar-refractivity contribution is 0.0983. The Balaban J connectivity index is 2.73. The van der Waals surface area contributed by atoms with Gasteiger partial charge in [-0.25, -0.2) is 9.97 Å². The van der Waals surface area contributed by atoms with E-state index in [4.69, 9.17) is 0 Å². The SMILES string of the molecule is C=C(C)CC(=O)c1ncccn1. The summed E-state index contributed by atoms with van der Waals surface area (Å²) in [6.45, 7) is 5.45. The number of rotatable bonds is 3. The van der Waals surface area contributed by atoms with Gasteiger partial charge in [-0.15, -0.1) is 0 Å². The number of carbonyl (C=O) groups is 1. The first-order chi connectivity index (χ1) is 5.70. The van der Waals surface area contributed by atoms with E-state index in [2.05, 4.69) is 16.5 Å². The first-order valence-corrected chi connectivity index (χ1v) is 3.65. The van der Waals surface area contributed by atoms with Crippen LogP contribution in [0.3, 0.4) is 0 Å². The van der Waals surface area contributed by atoms with Crippen molar-refractivity contribution >= 4 is 5.78 Å². The normalized spacial score (nSPS) is 9.42. The Bertz CT molecular complexity index is 293. The van der Waals surface area contributed by atoms with Gasteiger partial charge in [0.15, 0.2) is 5.82 Å². The first-order valence-electron chi connectivity index (χ1n) is 3.65. The second-order valence-corrected chi connectivity index (χ2v) is 2.63. The second-order valence-electron chi connectivity index (χ2n) is 2.63. The quantitative estimate of drug-likeness (QED) is 0.501. The summed E-state index contributed by atoms with van der Waals surface area (Å²) in [5.74, 6) is 0.184. The van der Waals surface area contributed by atoms with E-state index >= 15 is 0 Å². The van der Waals surface area contributed by atoms with Gasteiger partial charge in [-0.05, 0) is 13.0 Å². The lowest BCUT2D eigenvalue weighted by Crippen LogP contribution is -2.04. The highest BCUT2D eigenvalue weighted by molar-refractivity contribution is 5.93. The number of hydrogen-bond acceptors (Lipinski definition) is 3. The summed E-state index contributed by atoms with van der Waals surface area (Å²) >= 11 is 0. The maximum Gasteiger partial charge on any atom is 0.204 e. The Morgan fingerprint density at radius 1 is 1.50 bits per heavy atom. The Hall–Kier alpha value is -1.51. The molecule has 0 spiro atoms. The van der Waals surface area contributed by atoms with Crippen LogP contribution in [0.1, 0.15) is 24.0 Å². The number of aromatic nitrogens is 2. The molecule has 0 aliphatic carbocycles. The van der Waals surface area contributed by atoms with Gasteiger partial charge in [0.1, 0.15) is 0 Å². The van der Waals surface area contributed by atoms with Crippen LogP contribution < -0.4 is 0 Å². The zero-order valence-electron chi connectivity index (χ0n) is 6.95. The van der Waals surface area contributed by atoms with Crippen molar-refractivity contribution in [2.24, 2.45) is 0 Å². The third kappa shape index (κ3) is 2.27. The molecule has 1 aromatic rings. The molecule has 3 nitrogen and oxygen atoms in total. The van der Waals surface area contributed by atoms with Crippen LogP contribution in [0.15, 0.2) is 30.6 Å². The summed E-state index contributed by atoms with van der Waals surface area (Å²) in [5, 5.41) is 0. The Labute approximate surface area is 71.2 Å². The van der Waals surface area contributed by atoms with E-state index in [9.17, 15) is 4.79 Å². The monoisotopic (exact) mass is 162 g/mol. The van der Waals surface area contributed by atoms with Crippen molar-refractivity contribution in [1.82, 2.24) is 9.97 Å². The number of hydrogen-bond donors (Lipinski definition) is 0. The molecule has 12 heavy (non-hydrogen) atoms. The summed E-state index contributed by atoms with van der Waals surface area (Å²) < 4.78 is 0. The van der Waals surface area contributed by atoms with Crippen LogP contribution >= 0.6 is 0 Å². The smallest absolute Gasteiger partial charge is 0.204 e. The van der Waals surface area contributed by atoms with Crippen LogP contribution in [-0.4, -0.2) is 15.8 Å². The number of nitrogens with zero attached hydrogens (tertiary/aromatic N) is 2. The van der Waals surface area contributed by atoms with Crippen molar-refractivity contribution in [3.05, 3.63) is 36.4 Å². The molecule has 0 N–H and O–H groups in total. The van der Waals surface area contributed by atoms with Crippen LogP contribution in [0.2, 0.25) is 0 Å². The Kier molecular flexibility index (Phi) is 2.69. The summed E-state index contributed by atoms with van der Waals surface area (Å²) in [6, 6.07) is 1.68. The van der Waals surface area contributed by atoms with Crippen molar-refractivity contribution < 1.29 is 4.79 Å². The third-order valence-electron chi connectivity index (χ3n) is 1.28. The highest BCUT2D eigenvalue weighted by Crippen LogP contribution is 2.01. The second kappa shape index (κ2) is 3.76. The summed E-state index contributed by atoms with van der Waals surface area (Å²) in [7, 11) is 0. The minimum atomic E-state index is -0.0805. The fraction of sp³-hybridized carbons (Fsp3) is 0.222. The van der Waals surface area contributed by atoms with Crippen LogP contribution in [0.4, 0.5) is 0 Å². The summed E-state index contributed by atoms with van der Waals surface area (Å²) in [5.41, 5.74) is 0.826. The average Bonchev–Trinajstić information content (AvgIpc) is 2.05. The van der Waals surface area contributed by atoms with Crippen LogP contribution in [-0.2, 0) is 0 Å². The van der Waals surface area contributed by atoms with Crippen molar-refractivity contribution in [3.63, 3.8) is 0 Å². The zero-order chi connectivity index (χ0) is 8.97. The summed E-state index contributed by atoms with van der Waals surface area (Å²) in [6.07, 6.45) is 3.43. The fourth-order valence-electron chi connectivity index (χ4n) is 0.796. The highest BCUT2D eigenvalue weighted by atomic mass is 16.1. The molecule has 3 heteroatoms.